The third-order valence-electron chi connectivity index (χ3n) is 5.43. The van der Waals surface area contributed by atoms with Crippen LogP contribution in [0.2, 0.25) is 5.02 Å². The van der Waals surface area contributed by atoms with Gasteiger partial charge in [0, 0.05) is 11.9 Å². The summed E-state index contributed by atoms with van der Waals surface area (Å²) in [4.78, 5) is 24.5. The highest BCUT2D eigenvalue weighted by atomic mass is 35.5. The lowest BCUT2D eigenvalue weighted by Gasteiger charge is -2.11. The van der Waals surface area contributed by atoms with E-state index in [2.05, 4.69) is 15.7 Å². The fourth-order valence-electron chi connectivity index (χ4n) is 3.65. The van der Waals surface area contributed by atoms with E-state index in [0.29, 0.717) is 27.8 Å². The predicted molar refractivity (Wildman–Crippen MR) is 128 cm³/mol. The van der Waals surface area contributed by atoms with Crippen LogP contribution in [0.25, 0.3) is 16.6 Å². The number of carbonyl (C=O) groups is 2. The molecular weight excluding hydrogens is 538 g/mol. The number of hydrogen-bond donors (Lipinski definition) is 2. The van der Waals surface area contributed by atoms with Gasteiger partial charge in [-0.2, -0.15) is 31.4 Å². The first kappa shape index (κ1) is 27.0. The zero-order chi connectivity index (χ0) is 27.7. The van der Waals surface area contributed by atoms with E-state index < -0.39 is 36.2 Å². The van der Waals surface area contributed by atoms with E-state index in [1.807, 2.05) is 0 Å². The Balaban J connectivity index is 1.54. The van der Waals surface area contributed by atoms with Crippen molar-refractivity contribution in [2.75, 3.05) is 5.32 Å². The van der Waals surface area contributed by atoms with E-state index in [1.54, 1.807) is 18.2 Å². The van der Waals surface area contributed by atoms with Crippen molar-refractivity contribution in [2.24, 2.45) is 0 Å². The fraction of sp³-hybridized carbons (Fsp3) is 0.160. The number of rotatable bonds is 6. The molecule has 0 saturated carbocycles. The maximum atomic E-state index is 13.0. The van der Waals surface area contributed by atoms with Crippen molar-refractivity contribution in [3.63, 3.8) is 0 Å². The highest BCUT2D eigenvalue weighted by Gasteiger charge is 2.31. The van der Waals surface area contributed by atoms with Gasteiger partial charge >= 0.3 is 12.4 Å². The van der Waals surface area contributed by atoms with Crippen molar-refractivity contribution in [2.45, 2.75) is 25.3 Å². The first-order chi connectivity index (χ1) is 17.8. The van der Waals surface area contributed by atoms with E-state index in [-0.39, 0.29) is 17.1 Å². The molecule has 0 saturated heterocycles. The number of anilines is 1. The second-order valence-corrected chi connectivity index (χ2v) is 8.58. The minimum Gasteiger partial charge on any atom is -0.352 e. The number of halogens is 7. The molecule has 13 heteroatoms. The average molecular weight is 555 g/mol. The average Bonchev–Trinajstić information content (AvgIpc) is 3.27. The van der Waals surface area contributed by atoms with Gasteiger partial charge in [-0.1, -0.05) is 23.7 Å². The molecule has 0 radical (unpaired) electrons. The molecule has 2 N–H and O–H groups in total. The molecule has 4 aromatic rings. The minimum atomic E-state index is -4.64. The van der Waals surface area contributed by atoms with Crippen LogP contribution in [0.3, 0.4) is 0 Å². The summed E-state index contributed by atoms with van der Waals surface area (Å²) < 4.78 is 77.1. The number of alkyl halides is 6. The predicted octanol–water partition coefficient (Wildman–Crippen LogP) is 6.52. The Morgan fingerprint density at radius 3 is 2.32 bits per heavy atom. The summed E-state index contributed by atoms with van der Waals surface area (Å²) in [5.41, 5.74) is 0.787. The molecule has 0 bridgehead atoms. The molecule has 6 nitrogen and oxygen atoms in total. The minimum absolute atomic E-state index is 0.0152. The Labute approximate surface area is 216 Å². The van der Waals surface area contributed by atoms with Crippen LogP contribution in [0.4, 0.5) is 32.0 Å². The first-order valence-electron chi connectivity index (χ1n) is 10.9. The van der Waals surface area contributed by atoms with Gasteiger partial charge in [0.15, 0.2) is 0 Å². The number of nitrogens with one attached hydrogen (secondary N) is 2. The van der Waals surface area contributed by atoms with Crippen molar-refractivity contribution in [3.8, 4) is 5.69 Å². The van der Waals surface area contributed by atoms with Crippen LogP contribution in [0, 0.1) is 0 Å². The van der Waals surface area contributed by atoms with Gasteiger partial charge in [0.25, 0.3) is 5.91 Å². The van der Waals surface area contributed by atoms with Crippen LogP contribution < -0.4 is 10.6 Å². The molecule has 0 fully saturated rings. The van der Waals surface area contributed by atoms with Gasteiger partial charge in [-0.3, -0.25) is 9.59 Å². The normalized spacial score (nSPS) is 12.0. The van der Waals surface area contributed by atoms with Crippen LogP contribution >= 0.6 is 11.6 Å². The van der Waals surface area contributed by atoms with Gasteiger partial charge in [-0.05, 0) is 54.1 Å². The molecule has 1 heterocycles. The molecular formula is C25H17ClF6N4O2. The Morgan fingerprint density at radius 2 is 1.66 bits per heavy atom. The zero-order valence-electron chi connectivity index (χ0n) is 19.1. The number of amides is 2. The Morgan fingerprint density at radius 1 is 0.947 bits per heavy atom. The van der Waals surface area contributed by atoms with Gasteiger partial charge in [0.2, 0.25) is 5.91 Å². The van der Waals surface area contributed by atoms with Crippen LogP contribution in [-0.2, 0) is 17.5 Å². The smallest absolute Gasteiger partial charge is 0.352 e. The summed E-state index contributed by atoms with van der Waals surface area (Å²) in [6.45, 7) is -0.248. The quantitative estimate of drug-likeness (QED) is 0.267. The number of nitrogens with zero attached hydrogens (tertiary/aromatic N) is 2. The lowest BCUT2D eigenvalue weighted by Crippen LogP contribution is -2.28. The molecule has 1 aromatic heterocycles. The molecule has 4 rings (SSSR count). The molecule has 0 spiro atoms. The van der Waals surface area contributed by atoms with Crippen molar-refractivity contribution in [3.05, 3.63) is 88.6 Å². The van der Waals surface area contributed by atoms with Gasteiger partial charge in [0.05, 0.1) is 39.2 Å². The van der Waals surface area contributed by atoms with E-state index in [0.717, 1.165) is 12.1 Å². The molecule has 0 unspecified atom stereocenters. The maximum absolute atomic E-state index is 13.0. The van der Waals surface area contributed by atoms with Gasteiger partial charge < -0.3 is 10.6 Å². The lowest BCUT2D eigenvalue weighted by molar-refractivity contribution is -0.153. The number of aromatic nitrogens is 2. The first-order valence-corrected chi connectivity index (χ1v) is 11.3. The summed E-state index contributed by atoms with van der Waals surface area (Å²) >= 11 is 6.16. The molecule has 0 aliphatic rings. The standard InChI is InChI=1S/C25H17ClF6N4O2/c26-19-9-4-14(12-33-22(37)11-24(27,28)29)10-17(19)23(38)35-20-2-1-3-21-18(20)13-34-36(21)16-7-5-15(6-8-16)25(30,31)32/h1-10,13H,11-12H2,(H,33,37)(H,35,38). The molecule has 3 aromatic carbocycles. The molecule has 0 aliphatic heterocycles. The van der Waals surface area contributed by atoms with Crippen molar-refractivity contribution in [1.29, 1.82) is 0 Å². The summed E-state index contributed by atoms with van der Waals surface area (Å²) in [6.07, 6.45) is -9.30. The van der Waals surface area contributed by atoms with Crippen LogP contribution in [0.1, 0.15) is 27.9 Å². The maximum Gasteiger partial charge on any atom is 0.416 e. The van der Waals surface area contributed by atoms with E-state index in [4.69, 9.17) is 11.6 Å². The summed E-state index contributed by atoms with van der Waals surface area (Å²) in [5, 5.41) is 9.63. The van der Waals surface area contributed by atoms with E-state index >= 15 is 0 Å². The van der Waals surface area contributed by atoms with Crippen molar-refractivity contribution in [1.82, 2.24) is 15.1 Å². The number of carbonyl (C=O) groups excluding carboxylic acids is 2. The molecule has 2 amide bonds. The Hall–Kier alpha value is -4.06. The highest BCUT2D eigenvalue weighted by molar-refractivity contribution is 6.34. The third-order valence-corrected chi connectivity index (χ3v) is 5.76. The van der Waals surface area contributed by atoms with Crippen LogP contribution in [-0.4, -0.2) is 27.8 Å². The summed E-state index contributed by atoms with van der Waals surface area (Å²) in [5.74, 6) is -1.84. The lowest BCUT2D eigenvalue weighted by atomic mass is 10.1. The zero-order valence-corrected chi connectivity index (χ0v) is 19.9. The summed E-state index contributed by atoms with van der Waals surface area (Å²) in [7, 11) is 0. The van der Waals surface area contributed by atoms with Gasteiger partial charge in [0.1, 0.15) is 6.42 Å². The van der Waals surface area contributed by atoms with Gasteiger partial charge in [-0.15, -0.1) is 0 Å². The third kappa shape index (κ3) is 6.25. The Kier molecular flexibility index (Phi) is 7.36. The van der Waals surface area contributed by atoms with Crippen molar-refractivity contribution >= 4 is 40.0 Å². The topological polar surface area (TPSA) is 76.0 Å². The Bertz CT molecular complexity index is 1500. The van der Waals surface area contributed by atoms with Gasteiger partial charge in [-0.25, -0.2) is 4.68 Å². The molecule has 0 aliphatic carbocycles. The monoisotopic (exact) mass is 554 g/mol. The fourth-order valence-corrected chi connectivity index (χ4v) is 3.85. The number of benzene rings is 3. The van der Waals surface area contributed by atoms with Crippen molar-refractivity contribution < 1.29 is 35.9 Å². The molecule has 0 atom stereocenters. The molecule has 38 heavy (non-hydrogen) atoms. The number of fused-ring (bicyclic) bond motifs is 1. The SMILES string of the molecule is O=C(CC(F)(F)F)NCc1ccc(Cl)c(C(=O)Nc2cccc3c2cnn3-c2ccc(C(F)(F)F)cc2)c1. The second-order valence-electron chi connectivity index (χ2n) is 8.18. The molecule has 198 valence electrons. The van der Waals surface area contributed by atoms with E-state index in [1.165, 1.54) is 41.2 Å². The second kappa shape index (κ2) is 10.4. The largest absolute Gasteiger partial charge is 0.416 e. The number of hydrogen-bond acceptors (Lipinski definition) is 3. The van der Waals surface area contributed by atoms with Crippen LogP contribution in [0.5, 0.6) is 0 Å². The highest BCUT2D eigenvalue weighted by Crippen LogP contribution is 2.31. The summed E-state index contributed by atoms with van der Waals surface area (Å²) in [6, 6.07) is 13.5. The van der Waals surface area contributed by atoms with E-state index in [9.17, 15) is 35.9 Å². The van der Waals surface area contributed by atoms with Crippen LogP contribution in [0.15, 0.2) is 66.9 Å².